The summed E-state index contributed by atoms with van der Waals surface area (Å²) in [6.07, 6.45) is 2.11. The molecule has 0 aromatic carbocycles. The van der Waals surface area contributed by atoms with Crippen molar-refractivity contribution in [3.8, 4) is 0 Å². The quantitative estimate of drug-likeness (QED) is 0.231. The first-order chi connectivity index (χ1) is 11.2. The molecule has 0 aromatic heterocycles. The van der Waals surface area contributed by atoms with Gasteiger partial charge in [-0.1, -0.05) is 0 Å². The van der Waals surface area contributed by atoms with Gasteiger partial charge in [0.05, 0.1) is 12.6 Å². The molecule has 3 unspecified atom stereocenters. The summed E-state index contributed by atoms with van der Waals surface area (Å²) < 4.78 is 0. The highest BCUT2D eigenvalue weighted by Crippen LogP contribution is 2.00. The van der Waals surface area contributed by atoms with Crippen LogP contribution in [0.25, 0.3) is 0 Å². The van der Waals surface area contributed by atoms with Gasteiger partial charge in [0.1, 0.15) is 12.1 Å². The van der Waals surface area contributed by atoms with Gasteiger partial charge < -0.3 is 26.8 Å². The zero-order chi connectivity index (χ0) is 18.7. The first-order valence-electron chi connectivity index (χ1n) is 7.18. The molecule has 138 valence electrons. The van der Waals surface area contributed by atoms with Crippen LogP contribution in [0.4, 0.5) is 0 Å². The number of aliphatic carboxylic acids is 1. The summed E-state index contributed by atoms with van der Waals surface area (Å²) in [4.78, 5) is 46.1. The van der Waals surface area contributed by atoms with E-state index in [1.807, 2.05) is 6.26 Å². The maximum Gasteiger partial charge on any atom is 0.326 e. The van der Waals surface area contributed by atoms with Crippen LogP contribution in [0.3, 0.4) is 0 Å². The highest BCUT2D eigenvalue weighted by molar-refractivity contribution is 7.98. The maximum atomic E-state index is 11.8. The van der Waals surface area contributed by atoms with Gasteiger partial charge in [0.2, 0.25) is 17.7 Å². The van der Waals surface area contributed by atoms with Crippen molar-refractivity contribution in [3.63, 3.8) is 0 Å². The Kier molecular flexibility index (Phi) is 11.3. The molecule has 0 spiro atoms. The predicted molar refractivity (Wildman–Crippen MR) is 95.0 cm³/mol. The Morgan fingerprint density at radius 1 is 1.21 bits per heavy atom. The van der Waals surface area contributed by atoms with Gasteiger partial charge in [-0.25, -0.2) is 4.79 Å². The first-order valence-corrected chi connectivity index (χ1v) is 9.21. The molecule has 0 bridgehead atoms. The van der Waals surface area contributed by atoms with E-state index in [1.54, 1.807) is 0 Å². The number of nitrogens with two attached hydrogens (primary N) is 1. The lowest BCUT2D eigenvalue weighted by Crippen LogP contribution is -2.52. The largest absolute Gasteiger partial charge is 0.480 e. The summed E-state index contributed by atoms with van der Waals surface area (Å²) in [5.41, 5.74) is 5.47. The fourth-order valence-electron chi connectivity index (χ4n) is 1.53. The molecule has 9 nitrogen and oxygen atoms in total. The number of carboxylic acids is 1. The zero-order valence-electron chi connectivity index (χ0n) is 13.6. The number of hydrogen-bond acceptors (Lipinski definition) is 7. The average molecular weight is 380 g/mol. The molecule has 0 aromatic rings. The van der Waals surface area contributed by atoms with Gasteiger partial charge >= 0.3 is 5.97 Å². The predicted octanol–water partition coefficient (Wildman–Crippen LogP) is -1.81. The Hall–Kier alpha value is -1.46. The number of carbonyl (C=O) groups excluding carboxylic acids is 3. The Balaban J connectivity index is 4.30. The molecule has 0 aliphatic rings. The summed E-state index contributed by atoms with van der Waals surface area (Å²) in [6, 6.07) is -2.73. The highest BCUT2D eigenvalue weighted by Gasteiger charge is 2.22. The van der Waals surface area contributed by atoms with Crippen molar-refractivity contribution >= 4 is 48.1 Å². The van der Waals surface area contributed by atoms with E-state index in [2.05, 4.69) is 28.6 Å². The van der Waals surface area contributed by atoms with Crippen molar-refractivity contribution in [2.45, 2.75) is 31.5 Å². The third-order valence-corrected chi connectivity index (χ3v) is 3.99. The topological polar surface area (TPSA) is 151 Å². The standard InChI is InChI=1S/C13H24N4O5S2/c1-7(16-12(20)8(14)6-23)11(19)15-5-10(18)17-9(13(21)22)3-4-24-2/h7-9,23H,3-6,14H2,1-2H3,(H,15,19)(H,16,20)(H,17,18)(H,21,22). The highest BCUT2D eigenvalue weighted by atomic mass is 32.2. The minimum atomic E-state index is -1.13. The molecule has 3 atom stereocenters. The molecule has 0 radical (unpaired) electrons. The van der Waals surface area contributed by atoms with Crippen LogP contribution in [0, 0.1) is 0 Å². The van der Waals surface area contributed by atoms with Crippen LogP contribution in [0.1, 0.15) is 13.3 Å². The van der Waals surface area contributed by atoms with Crippen molar-refractivity contribution < 1.29 is 24.3 Å². The minimum absolute atomic E-state index is 0.134. The molecule has 3 amide bonds. The third-order valence-electron chi connectivity index (χ3n) is 2.95. The average Bonchev–Trinajstić information content (AvgIpc) is 2.54. The molecule has 0 heterocycles. The second kappa shape index (κ2) is 12.0. The smallest absolute Gasteiger partial charge is 0.326 e. The van der Waals surface area contributed by atoms with Crippen molar-refractivity contribution in [2.75, 3.05) is 24.3 Å². The van der Waals surface area contributed by atoms with E-state index >= 15 is 0 Å². The summed E-state index contributed by atoms with van der Waals surface area (Å²) in [6.45, 7) is 1.05. The van der Waals surface area contributed by atoms with Crippen molar-refractivity contribution in [1.29, 1.82) is 0 Å². The van der Waals surface area contributed by atoms with E-state index in [4.69, 9.17) is 10.8 Å². The van der Waals surface area contributed by atoms with E-state index in [-0.39, 0.29) is 18.7 Å². The third kappa shape index (κ3) is 8.99. The van der Waals surface area contributed by atoms with E-state index in [0.717, 1.165) is 0 Å². The summed E-state index contributed by atoms with van der Waals surface area (Å²) >= 11 is 5.35. The second-order valence-corrected chi connectivity index (χ2v) is 6.33. The first kappa shape index (κ1) is 22.5. The molecule has 0 aliphatic heterocycles. The number of thiol groups is 1. The zero-order valence-corrected chi connectivity index (χ0v) is 15.3. The van der Waals surface area contributed by atoms with Gasteiger partial charge in [-0.3, -0.25) is 14.4 Å². The van der Waals surface area contributed by atoms with Gasteiger partial charge in [0.25, 0.3) is 0 Å². The van der Waals surface area contributed by atoms with Crippen LogP contribution in [-0.4, -0.2) is 71.2 Å². The van der Waals surface area contributed by atoms with Crippen molar-refractivity contribution in [2.24, 2.45) is 5.73 Å². The molecule has 0 aliphatic carbocycles. The summed E-state index contributed by atoms with van der Waals surface area (Å²) in [5, 5.41) is 16.1. The second-order valence-electron chi connectivity index (χ2n) is 4.98. The van der Waals surface area contributed by atoms with Crippen LogP contribution >= 0.6 is 24.4 Å². The lowest BCUT2D eigenvalue weighted by Gasteiger charge is -2.17. The SMILES string of the molecule is CSCCC(NC(=O)CNC(=O)C(C)NC(=O)C(N)CS)C(=O)O. The van der Waals surface area contributed by atoms with Crippen LogP contribution in [0.2, 0.25) is 0 Å². The Bertz CT molecular complexity index is 464. The van der Waals surface area contributed by atoms with Gasteiger partial charge in [0.15, 0.2) is 0 Å². The van der Waals surface area contributed by atoms with Gasteiger partial charge in [-0.2, -0.15) is 24.4 Å². The number of hydrogen-bond donors (Lipinski definition) is 6. The van der Waals surface area contributed by atoms with E-state index in [1.165, 1.54) is 18.7 Å². The molecule has 0 saturated carbocycles. The van der Waals surface area contributed by atoms with Crippen LogP contribution < -0.4 is 21.7 Å². The van der Waals surface area contributed by atoms with Gasteiger partial charge in [-0.05, 0) is 25.4 Å². The summed E-state index contributed by atoms with van der Waals surface area (Å²) in [7, 11) is 0. The molecule has 0 rings (SSSR count). The molecule has 0 saturated heterocycles. The molecule has 6 N–H and O–H groups in total. The van der Waals surface area contributed by atoms with Gasteiger partial charge in [-0.15, -0.1) is 0 Å². The van der Waals surface area contributed by atoms with Crippen molar-refractivity contribution in [3.05, 3.63) is 0 Å². The lowest BCUT2D eigenvalue weighted by molar-refractivity contribution is -0.141. The fraction of sp³-hybridized carbons (Fsp3) is 0.692. The summed E-state index contributed by atoms with van der Waals surface area (Å²) in [5.74, 6) is -2.15. The number of rotatable bonds is 11. The Morgan fingerprint density at radius 3 is 2.33 bits per heavy atom. The number of carboxylic acid groups (broad SMARTS) is 1. The maximum absolute atomic E-state index is 11.8. The number of carbonyl (C=O) groups is 4. The van der Waals surface area contributed by atoms with Crippen molar-refractivity contribution in [1.82, 2.24) is 16.0 Å². The van der Waals surface area contributed by atoms with Gasteiger partial charge in [0, 0.05) is 5.75 Å². The fourth-order valence-corrected chi connectivity index (χ4v) is 2.17. The normalized spacial score (nSPS) is 14.2. The van der Waals surface area contributed by atoms with Crippen LogP contribution in [0.15, 0.2) is 0 Å². The molecule has 11 heteroatoms. The van der Waals surface area contributed by atoms with E-state index in [0.29, 0.717) is 5.75 Å². The Morgan fingerprint density at radius 2 is 1.83 bits per heavy atom. The minimum Gasteiger partial charge on any atom is -0.480 e. The van der Waals surface area contributed by atoms with E-state index in [9.17, 15) is 19.2 Å². The molecule has 0 fully saturated rings. The number of amides is 3. The Labute approximate surface area is 150 Å². The molecular weight excluding hydrogens is 356 g/mol. The lowest BCUT2D eigenvalue weighted by atomic mass is 10.2. The number of thioether (sulfide) groups is 1. The van der Waals surface area contributed by atoms with Crippen LogP contribution in [0.5, 0.6) is 0 Å². The van der Waals surface area contributed by atoms with E-state index < -0.39 is 41.8 Å². The monoisotopic (exact) mass is 380 g/mol. The van der Waals surface area contributed by atoms with Crippen LogP contribution in [-0.2, 0) is 19.2 Å². The molecule has 24 heavy (non-hydrogen) atoms. The molecular formula is C13H24N4O5S2. The number of nitrogens with one attached hydrogen (secondary N) is 3.